The third-order valence-corrected chi connectivity index (χ3v) is 1.97. The van der Waals surface area contributed by atoms with Gasteiger partial charge >= 0.3 is 6.09 Å². The molecule has 0 aromatic heterocycles. The van der Waals surface area contributed by atoms with Crippen molar-refractivity contribution in [2.24, 2.45) is 5.84 Å². The van der Waals surface area contributed by atoms with Crippen molar-refractivity contribution in [1.82, 2.24) is 5.43 Å². The summed E-state index contributed by atoms with van der Waals surface area (Å²) in [4.78, 5) is 21.6. The first-order chi connectivity index (χ1) is 7.22. The van der Waals surface area contributed by atoms with E-state index in [1.165, 1.54) is 0 Å². The molecule has 0 unspecified atom stereocenters. The third kappa shape index (κ3) is 2.54. The van der Waals surface area contributed by atoms with Gasteiger partial charge in [0, 0.05) is 11.1 Å². The number of rotatable bonds is 3. The number of carbonyl (C=O) groups is 2. The van der Waals surface area contributed by atoms with Crippen molar-refractivity contribution in [3.63, 3.8) is 0 Å². The monoisotopic (exact) mass is 208 g/mol. The molecule has 1 rings (SSSR count). The number of benzene rings is 1. The summed E-state index contributed by atoms with van der Waals surface area (Å²) >= 11 is 0. The highest BCUT2D eigenvalue weighted by Gasteiger charge is 2.10. The fourth-order valence-electron chi connectivity index (χ4n) is 1.30. The number of ether oxygens (including phenoxy) is 1. The largest absolute Gasteiger partial charge is 0.426 e. The smallest absolute Gasteiger partial charge is 0.409 e. The highest BCUT2D eigenvalue weighted by atomic mass is 16.6. The van der Waals surface area contributed by atoms with Crippen molar-refractivity contribution >= 4 is 12.4 Å². The molecule has 1 aromatic rings. The van der Waals surface area contributed by atoms with E-state index in [1.54, 1.807) is 18.2 Å². The molecule has 5 heteroatoms. The maximum atomic E-state index is 10.9. The molecule has 0 saturated carbocycles. The highest BCUT2D eigenvalue weighted by molar-refractivity contribution is 5.80. The molecule has 0 fully saturated rings. The van der Waals surface area contributed by atoms with Crippen LogP contribution in [0.15, 0.2) is 18.2 Å². The quantitative estimate of drug-likeness (QED) is 0.336. The van der Waals surface area contributed by atoms with Gasteiger partial charge in [-0.05, 0) is 12.5 Å². The minimum absolute atomic E-state index is 0.352. The average Bonchev–Trinajstić information content (AvgIpc) is 2.28. The molecular weight excluding hydrogens is 196 g/mol. The van der Waals surface area contributed by atoms with Crippen molar-refractivity contribution in [3.05, 3.63) is 29.3 Å². The van der Waals surface area contributed by atoms with Crippen LogP contribution in [0.3, 0.4) is 0 Å². The Bertz CT molecular complexity index is 377. The Balaban J connectivity index is 3.06. The van der Waals surface area contributed by atoms with Crippen LogP contribution < -0.4 is 16.0 Å². The number of nitrogens with one attached hydrogen (secondary N) is 1. The molecule has 3 N–H and O–H groups in total. The molecule has 0 aliphatic heterocycles. The van der Waals surface area contributed by atoms with Crippen LogP contribution in [0.5, 0.6) is 5.75 Å². The average molecular weight is 208 g/mol. The van der Waals surface area contributed by atoms with Crippen molar-refractivity contribution < 1.29 is 14.3 Å². The number of hydrogen-bond donors (Lipinski definition) is 2. The van der Waals surface area contributed by atoms with Crippen LogP contribution in [0, 0.1) is 0 Å². The van der Waals surface area contributed by atoms with Crippen molar-refractivity contribution in [2.75, 3.05) is 0 Å². The van der Waals surface area contributed by atoms with Crippen molar-refractivity contribution in [2.45, 2.75) is 13.3 Å². The predicted molar refractivity (Wildman–Crippen MR) is 54.6 cm³/mol. The van der Waals surface area contributed by atoms with E-state index in [0.29, 0.717) is 23.3 Å². The summed E-state index contributed by atoms with van der Waals surface area (Å²) in [7, 11) is 0. The summed E-state index contributed by atoms with van der Waals surface area (Å²) < 4.78 is 4.89. The lowest BCUT2D eigenvalue weighted by atomic mass is 10.1. The Morgan fingerprint density at radius 2 is 2.33 bits per heavy atom. The van der Waals surface area contributed by atoms with Crippen LogP contribution in [0.4, 0.5) is 4.79 Å². The Morgan fingerprint density at radius 3 is 2.87 bits per heavy atom. The second-order valence-electron chi connectivity index (χ2n) is 2.83. The Hall–Kier alpha value is -1.88. The van der Waals surface area contributed by atoms with Crippen molar-refractivity contribution in [3.8, 4) is 5.75 Å². The van der Waals surface area contributed by atoms with Gasteiger partial charge in [0.05, 0.1) is 0 Å². The van der Waals surface area contributed by atoms with Crippen LogP contribution in [-0.4, -0.2) is 12.4 Å². The summed E-state index contributed by atoms with van der Waals surface area (Å²) in [6.07, 6.45) is 0.571. The van der Waals surface area contributed by atoms with Gasteiger partial charge in [-0.3, -0.25) is 10.2 Å². The Morgan fingerprint density at radius 1 is 1.60 bits per heavy atom. The molecule has 0 heterocycles. The van der Waals surface area contributed by atoms with Gasteiger partial charge in [0.1, 0.15) is 12.0 Å². The summed E-state index contributed by atoms with van der Waals surface area (Å²) in [5.74, 6) is 5.24. The van der Waals surface area contributed by atoms with Crippen molar-refractivity contribution in [1.29, 1.82) is 0 Å². The maximum absolute atomic E-state index is 10.9. The number of carbonyl (C=O) groups excluding carboxylic acids is 2. The number of amides is 1. The lowest BCUT2D eigenvalue weighted by Gasteiger charge is -2.09. The second kappa shape index (κ2) is 5.11. The summed E-state index contributed by atoms with van der Waals surface area (Å²) in [5, 5.41) is 0. The first kappa shape index (κ1) is 11.2. The normalized spacial score (nSPS) is 9.47. The fourth-order valence-corrected chi connectivity index (χ4v) is 1.30. The maximum Gasteiger partial charge on any atom is 0.426 e. The van der Waals surface area contributed by atoms with Crippen LogP contribution in [0.2, 0.25) is 0 Å². The molecule has 0 bridgehead atoms. The first-order valence-electron chi connectivity index (χ1n) is 4.48. The lowest BCUT2D eigenvalue weighted by Crippen LogP contribution is -2.33. The fraction of sp³-hybridized carbons (Fsp3) is 0.200. The zero-order valence-corrected chi connectivity index (χ0v) is 8.32. The lowest BCUT2D eigenvalue weighted by molar-refractivity contribution is 0.112. The minimum atomic E-state index is -0.757. The predicted octanol–water partition coefficient (Wildman–Crippen LogP) is 1.02. The molecule has 0 radical (unpaired) electrons. The summed E-state index contributed by atoms with van der Waals surface area (Å²) in [6, 6.07) is 4.92. The van der Waals surface area contributed by atoms with E-state index in [4.69, 9.17) is 10.6 Å². The van der Waals surface area contributed by atoms with E-state index < -0.39 is 6.09 Å². The van der Waals surface area contributed by atoms with Gasteiger partial charge < -0.3 is 4.74 Å². The molecule has 80 valence electrons. The van der Waals surface area contributed by atoms with Gasteiger partial charge in [0.15, 0.2) is 0 Å². The molecule has 1 aromatic carbocycles. The molecule has 5 nitrogen and oxygen atoms in total. The zero-order chi connectivity index (χ0) is 11.3. The Kier molecular flexibility index (Phi) is 3.82. The highest BCUT2D eigenvalue weighted by Crippen LogP contribution is 2.22. The van der Waals surface area contributed by atoms with Gasteiger partial charge in [-0.25, -0.2) is 10.6 Å². The minimum Gasteiger partial charge on any atom is -0.409 e. The molecule has 0 saturated heterocycles. The van der Waals surface area contributed by atoms with Gasteiger partial charge in [-0.1, -0.05) is 19.1 Å². The Labute approximate surface area is 87.2 Å². The van der Waals surface area contributed by atoms with E-state index in [9.17, 15) is 9.59 Å². The standard InChI is InChI=1S/C10H12N2O3/c1-2-8-7(6-13)4-3-5-9(8)15-10(14)12-11/h3-6H,2,11H2,1H3,(H,12,14). The molecule has 0 atom stereocenters. The van der Waals surface area contributed by atoms with Crippen LogP contribution >= 0.6 is 0 Å². The van der Waals surface area contributed by atoms with Crippen LogP contribution in [-0.2, 0) is 6.42 Å². The summed E-state index contributed by atoms with van der Waals surface area (Å²) in [6.45, 7) is 1.87. The van der Waals surface area contributed by atoms with Gasteiger partial charge in [-0.2, -0.15) is 0 Å². The molecule has 15 heavy (non-hydrogen) atoms. The number of hydrogen-bond acceptors (Lipinski definition) is 4. The summed E-state index contributed by atoms with van der Waals surface area (Å²) in [5.41, 5.74) is 3.06. The number of hydrazine groups is 1. The van der Waals surface area contributed by atoms with E-state index in [2.05, 4.69) is 0 Å². The molecule has 0 spiro atoms. The molecule has 1 amide bonds. The van der Waals surface area contributed by atoms with E-state index in [0.717, 1.165) is 6.29 Å². The SMILES string of the molecule is CCc1c(C=O)cccc1OC(=O)NN. The van der Waals surface area contributed by atoms with Gasteiger partial charge in [0.25, 0.3) is 0 Å². The number of aldehydes is 1. The number of nitrogens with two attached hydrogens (primary N) is 1. The second-order valence-corrected chi connectivity index (χ2v) is 2.83. The molecule has 0 aliphatic rings. The third-order valence-electron chi connectivity index (χ3n) is 1.97. The van der Waals surface area contributed by atoms with Crippen LogP contribution in [0.25, 0.3) is 0 Å². The molecule has 0 aliphatic carbocycles. The first-order valence-corrected chi connectivity index (χ1v) is 4.48. The van der Waals surface area contributed by atoms with E-state index >= 15 is 0 Å². The van der Waals surface area contributed by atoms with Crippen LogP contribution in [0.1, 0.15) is 22.8 Å². The van der Waals surface area contributed by atoms with E-state index in [-0.39, 0.29) is 0 Å². The zero-order valence-electron chi connectivity index (χ0n) is 8.32. The van der Waals surface area contributed by atoms with E-state index in [1.807, 2.05) is 12.3 Å². The molecular formula is C10H12N2O3. The topological polar surface area (TPSA) is 81.4 Å². The van der Waals surface area contributed by atoms with Gasteiger partial charge in [0.2, 0.25) is 0 Å². The van der Waals surface area contributed by atoms with Gasteiger partial charge in [-0.15, -0.1) is 0 Å².